The third-order valence-corrected chi connectivity index (χ3v) is 6.62. The summed E-state index contributed by atoms with van der Waals surface area (Å²) in [6.45, 7) is 5.39. The van der Waals surface area contributed by atoms with Crippen molar-refractivity contribution in [2.75, 3.05) is 51.8 Å². The topological polar surface area (TPSA) is 68.0 Å². The number of amides is 1. The zero-order valence-electron chi connectivity index (χ0n) is 19.8. The fourth-order valence-corrected chi connectivity index (χ4v) is 4.55. The van der Waals surface area contributed by atoms with E-state index >= 15 is 0 Å². The number of benzene rings is 2. The number of rotatable bonds is 8. The van der Waals surface area contributed by atoms with Gasteiger partial charge in [0.1, 0.15) is 0 Å². The third-order valence-electron chi connectivity index (χ3n) is 6.37. The lowest BCUT2D eigenvalue weighted by molar-refractivity contribution is -0.121. The molecule has 0 aromatic heterocycles. The van der Waals surface area contributed by atoms with Gasteiger partial charge in [-0.15, -0.1) is 0 Å². The Kier molecular flexibility index (Phi) is 9.70. The van der Waals surface area contributed by atoms with Crippen molar-refractivity contribution in [2.45, 2.75) is 32.1 Å². The number of halogens is 1. The number of anilines is 1. The maximum absolute atomic E-state index is 11.0. The normalized spacial score (nSPS) is 18.0. The molecule has 2 aliphatic rings. The van der Waals surface area contributed by atoms with Crippen molar-refractivity contribution in [3.05, 3.63) is 53.1 Å². The fourth-order valence-electron chi connectivity index (χ4n) is 4.43. The van der Waals surface area contributed by atoms with Crippen LogP contribution in [0.1, 0.15) is 31.2 Å². The van der Waals surface area contributed by atoms with Crippen LogP contribution in [0.4, 0.5) is 5.69 Å². The predicted octanol–water partition coefficient (Wildman–Crippen LogP) is 4.38. The van der Waals surface area contributed by atoms with Crippen molar-refractivity contribution >= 4 is 23.2 Å². The van der Waals surface area contributed by atoms with Crippen LogP contribution in [0.25, 0.3) is 0 Å². The van der Waals surface area contributed by atoms with Crippen LogP contribution in [0.2, 0.25) is 5.02 Å². The van der Waals surface area contributed by atoms with E-state index in [2.05, 4.69) is 21.9 Å². The molecule has 4 rings (SSSR count). The van der Waals surface area contributed by atoms with Gasteiger partial charge in [-0.05, 0) is 93.7 Å². The highest BCUT2D eigenvalue weighted by atomic mass is 35.5. The summed E-state index contributed by atoms with van der Waals surface area (Å²) >= 11 is 5.80. The molecule has 7 heteroatoms. The molecule has 0 spiro atoms. The third kappa shape index (κ3) is 7.54. The molecule has 1 unspecified atom stereocenters. The second kappa shape index (κ2) is 12.7. The average molecular weight is 474 g/mol. The smallest absolute Gasteiger partial charge is 0.222 e. The van der Waals surface area contributed by atoms with E-state index in [-0.39, 0.29) is 11.8 Å². The van der Waals surface area contributed by atoms with Gasteiger partial charge in [-0.25, -0.2) is 0 Å². The standard InChI is InChI=1S/C15H23NO2.C11H13ClN2O/c1-17-14-8-7-13(12-15(14)18-2)6-5-11-16-9-3-4-10-16;12-9-1-3-10(4-2-9)14-6-5-8(7-14)11(13)15/h7-8,12H,3-6,9-11H2,1-2H3;1-4,8H,5-7H2,(H2,13,15). The Morgan fingerprint density at radius 3 is 2.33 bits per heavy atom. The van der Waals surface area contributed by atoms with Crippen molar-refractivity contribution < 1.29 is 14.3 Å². The van der Waals surface area contributed by atoms with Crippen LogP contribution in [0.5, 0.6) is 11.5 Å². The first-order valence-electron chi connectivity index (χ1n) is 11.7. The van der Waals surface area contributed by atoms with Crippen LogP contribution in [-0.4, -0.2) is 57.8 Å². The Hall–Kier alpha value is -2.44. The van der Waals surface area contributed by atoms with Gasteiger partial charge in [-0.3, -0.25) is 4.79 Å². The molecule has 2 aliphatic heterocycles. The molecule has 1 atom stereocenters. The summed E-state index contributed by atoms with van der Waals surface area (Å²) < 4.78 is 10.6. The number of methoxy groups -OCH3 is 2. The predicted molar refractivity (Wildman–Crippen MR) is 135 cm³/mol. The van der Waals surface area contributed by atoms with Crippen molar-refractivity contribution in [1.82, 2.24) is 4.90 Å². The van der Waals surface area contributed by atoms with Crippen LogP contribution < -0.4 is 20.1 Å². The summed E-state index contributed by atoms with van der Waals surface area (Å²) in [4.78, 5) is 15.7. The molecule has 6 nitrogen and oxygen atoms in total. The minimum Gasteiger partial charge on any atom is -0.493 e. The van der Waals surface area contributed by atoms with Gasteiger partial charge in [0.2, 0.25) is 5.91 Å². The number of aryl methyl sites for hydroxylation is 1. The summed E-state index contributed by atoms with van der Waals surface area (Å²) in [5, 5.41) is 0.726. The zero-order chi connectivity index (χ0) is 23.6. The summed E-state index contributed by atoms with van der Waals surface area (Å²) in [5.74, 6) is 1.42. The molecule has 180 valence electrons. The number of ether oxygens (including phenoxy) is 2. The SMILES string of the molecule is COc1ccc(CCCN2CCCC2)cc1OC.NC(=O)C1CCN(c2ccc(Cl)cc2)C1. The largest absolute Gasteiger partial charge is 0.493 e. The average Bonchev–Trinajstić information content (AvgIpc) is 3.52. The number of primary amides is 1. The van der Waals surface area contributed by atoms with E-state index in [4.69, 9.17) is 26.8 Å². The van der Waals surface area contributed by atoms with E-state index < -0.39 is 0 Å². The summed E-state index contributed by atoms with van der Waals surface area (Å²) in [6, 6.07) is 13.8. The molecule has 2 saturated heterocycles. The van der Waals surface area contributed by atoms with E-state index in [1.54, 1.807) is 14.2 Å². The Morgan fingerprint density at radius 1 is 1.03 bits per heavy atom. The molecule has 33 heavy (non-hydrogen) atoms. The van der Waals surface area contributed by atoms with Gasteiger partial charge in [0, 0.05) is 23.8 Å². The number of nitrogens with zero attached hydrogens (tertiary/aromatic N) is 2. The molecular formula is C26H36ClN3O3. The summed E-state index contributed by atoms with van der Waals surface area (Å²) in [7, 11) is 3.36. The van der Waals surface area contributed by atoms with Gasteiger partial charge in [0.05, 0.1) is 20.1 Å². The Morgan fingerprint density at radius 2 is 1.73 bits per heavy atom. The van der Waals surface area contributed by atoms with Gasteiger partial charge in [0.25, 0.3) is 0 Å². The van der Waals surface area contributed by atoms with Gasteiger partial charge in [0.15, 0.2) is 11.5 Å². The molecule has 0 bridgehead atoms. The monoisotopic (exact) mass is 473 g/mol. The molecule has 0 radical (unpaired) electrons. The highest BCUT2D eigenvalue weighted by Gasteiger charge is 2.26. The van der Waals surface area contributed by atoms with E-state index in [0.29, 0.717) is 0 Å². The summed E-state index contributed by atoms with van der Waals surface area (Å²) in [5.41, 5.74) is 7.70. The van der Waals surface area contributed by atoms with E-state index in [0.717, 1.165) is 48.1 Å². The van der Waals surface area contributed by atoms with Gasteiger partial charge >= 0.3 is 0 Å². The second-order valence-electron chi connectivity index (χ2n) is 8.65. The van der Waals surface area contributed by atoms with Gasteiger partial charge in [-0.2, -0.15) is 0 Å². The van der Waals surface area contributed by atoms with Crippen LogP contribution in [-0.2, 0) is 11.2 Å². The number of hydrogen-bond donors (Lipinski definition) is 1. The number of nitrogens with two attached hydrogens (primary N) is 1. The second-order valence-corrected chi connectivity index (χ2v) is 9.09. The first-order valence-corrected chi connectivity index (χ1v) is 12.1. The molecule has 0 saturated carbocycles. The van der Waals surface area contributed by atoms with Gasteiger partial charge in [-0.1, -0.05) is 17.7 Å². The fraction of sp³-hybridized carbons (Fsp3) is 0.500. The minimum atomic E-state index is -0.202. The van der Waals surface area contributed by atoms with E-state index in [1.165, 1.54) is 44.5 Å². The number of carbonyl (C=O) groups is 1. The quantitative estimate of drug-likeness (QED) is 0.616. The maximum Gasteiger partial charge on any atom is 0.222 e. The maximum atomic E-state index is 11.0. The number of carbonyl (C=O) groups excluding carboxylic acids is 1. The summed E-state index contributed by atoms with van der Waals surface area (Å²) in [6.07, 6.45) is 5.91. The van der Waals surface area contributed by atoms with Crippen LogP contribution in [0, 0.1) is 5.92 Å². The lowest BCUT2D eigenvalue weighted by Crippen LogP contribution is -2.27. The lowest BCUT2D eigenvalue weighted by atomic mass is 10.1. The molecule has 2 fully saturated rings. The molecule has 2 heterocycles. The Bertz CT molecular complexity index is 885. The highest BCUT2D eigenvalue weighted by molar-refractivity contribution is 6.30. The highest BCUT2D eigenvalue weighted by Crippen LogP contribution is 2.28. The lowest BCUT2D eigenvalue weighted by Gasteiger charge is -2.17. The van der Waals surface area contributed by atoms with E-state index in [1.807, 2.05) is 30.3 Å². The van der Waals surface area contributed by atoms with E-state index in [9.17, 15) is 4.79 Å². The van der Waals surface area contributed by atoms with Crippen LogP contribution in [0.15, 0.2) is 42.5 Å². The molecule has 1 amide bonds. The first kappa shape index (κ1) is 25.2. The zero-order valence-corrected chi connectivity index (χ0v) is 20.5. The number of hydrogen-bond acceptors (Lipinski definition) is 5. The number of likely N-dealkylation sites (tertiary alicyclic amines) is 1. The first-order chi connectivity index (χ1) is 16.0. The van der Waals surface area contributed by atoms with Crippen molar-refractivity contribution in [3.8, 4) is 11.5 Å². The molecule has 2 aromatic rings. The minimum absolute atomic E-state index is 0.0133. The van der Waals surface area contributed by atoms with Crippen molar-refractivity contribution in [2.24, 2.45) is 11.7 Å². The molecule has 2 aromatic carbocycles. The van der Waals surface area contributed by atoms with Gasteiger partial charge < -0.3 is 25.0 Å². The Labute approximate surface area is 202 Å². The Balaban J connectivity index is 0.000000189. The molecule has 2 N–H and O–H groups in total. The van der Waals surface area contributed by atoms with Crippen LogP contribution in [0.3, 0.4) is 0 Å². The van der Waals surface area contributed by atoms with Crippen molar-refractivity contribution in [3.63, 3.8) is 0 Å². The van der Waals surface area contributed by atoms with Crippen molar-refractivity contribution in [1.29, 1.82) is 0 Å². The molecular weight excluding hydrogens is 438 g/mol. The van der Waals surface area contributed by atoms with Crippen LogP contribution >= 0.6 is 11.6 Å². The molecule has 0 aliphatic carbocycles.